The van der Waals surface area contributed by atoms with Gasteiger partial charge in [-0.2, -0.15) is 0 Å². The number of hydrogen-bond acceptors (Lipinski definition) is 5. The molecule has 1 rings (SSSR count). The molecule has 0 aromatic carbocycles. The van der Waals surface area contributed by atoms with E-state index in [4.69, 9.17) is 9.84 Å². The predicted molar refractivity (Wildman–Crippen MR) is 79.8 cm³/mol. The maximum atomic E-state index is 12.1. The van der Waals surface area contributed by atoms with Crippen molar-refractivity contribution in [3.05, 3.63) is 0 Å². The zero-order valence-corrected chi connectivity index (χ0v) is 13.8. The van der Waals surface area contributed by atoms with Crippen LogP contribution in [0.2, 0.25) is 0 Å². The summed E-state index contributed by atoms with van der Waals surface area (Å²) in [5, 5.41) is 9.13. The van der Waals surface area contributed by atoms with Gasteiger partial charge >= 0.3 is 5.97 Å². The van der Waals surface area contributed by atoms with Crippen LogP contribution in [0.3, 0.4) is 0 Å². The third kappa shape index (κ3) is 5.54. The Morgan fingerprint density at radius 2 is 2.09 bits per heavy atom. The Labute approximate surface area is 130 Å². The van der Waals surface area contributed by atoms with Crippen molar-refractivity contribution in [2.75, 3.05) is 32.6 Å². The molecule has 0 bridgehead atoms. The van der Waals surface area contributed by atoms with Crippen LogP contribution in [0.5, 0.6) is 0 Å². The van der Waals surface area contributed by atoms with Crippen LogP contribution in [-0.2, 0) is 24.3 Å². The molecule has 0 aromatic heterocycles. The van der Waals surface area contributed by atoms with Crippen molar-refractivity contribution >= 4 is 21.9 Å². The fourth-order valence-electron chi connectivity index (χ4n) is 2.56. The molecule has 2 atom stereocenters. The third-order valence-electron chi connectivity index (χ3n) is 3.83. The number of nitrogens with one attached hydrogen (secondary N) is 1. The lowest BCUT2D eigenvalue weighted by Gasteiger charge is -2.37. The van der Waals surface area contributed by atoms with Gasteiger partial charge in [-0.25, -0.2) is 13.1 Å². The normalized spacial score (nSPS) is 22.5. The maximum Gasteiger partial charge on any atom is 0.308 e. The number of carboxylic acids is 1. The highest BCUT2D eigenvalue weighted by Gasteiger charge is 2.35. The van der Waals surface area contributed by atoms with Gasteiger partial charge in [0, 0.05) is 26.3 Å². The second-order valence-electron chi connectivity index (χ2n) is 5.40. The number of piperidine rings is 1. The molecule has 9 heteroatoms. The van der Waals surface area contributed by atoms with Crippen LogP contribution in [0, 0.1) is 5.92 Å². The minimum atomic E-state index is -3.53. The van der Waals surface area contributed by atoms with E-state index >= 15 is 0 Å². The van der Waals surface area contributed by atoms with E-state index in [1.807, 2.05) is 0 Å². The SMILES string of the molecule is COCCCS(=O)(=O)NCC(=O)N1CCC[C@H](C(=O)O)[C@@H]1C. The van der Waals surface area contributed by atoms with Gasteiger partial charge in [-0.1, -0.05) is 0 Å². The Morgan fingerprint density at radius 1 is 1.41 bits per heavy atom. The smallest absolute Gasteiger partial charge is 0.308 e. The molecule has 1 fully saturated rings. The van der Waals surface area contributed by atoms with Crippen LogP contribution in [0.1, 0.15) is 26.2 Å². The summed E-state index contributed by atoms with van der Waals surface area (Å²) in [6.07, 6.45) is 1.48. The first-order valence-electron chi connectivity index (χ1n) is 7.27. The summed E-state index contributed by atoms with van der Waals surface area (Å²) >= 11 is 0. The van der Waals surface area contributed by atoms with Gasteiger partial charge in [0.2, 0.25) is 15.9 Å². The molecule has 1 aliphatic heterocycles. The number of methoxy groups -OCH3 is 1. The van der Waals surface area contributed by atoms with Gasteiger partial charge in [0.25, 0.3) is 0 Å². The quantitative estimate of drug-likeness (QED) is 0.586. The highest BCUT2D eigenvalue weighted by Crippen LogP contribution is 2.23. The summed E-state index contributed by atoms with van der Waals surface area (Å²) < 4.78 is 30.5. The highest BCUT2D eigenvalue weighted by atomic mass is 32.2. The van der Waals surface area contributed by atoms with Gasteiger partial charge in [0.05, 0.1) is 18.2 Å². The van der Waals surface area contributed by atoms with Crippen molar-refractivity contribution in [3.63, 3.8) is 0 Å². The summed E-state index contributed by atoms with van der Waals surface area (Å²) in [6, 6.07) is -0.434. The third-order valence-corrected chi connectivity index (χ3v) is 5.24. The molecule has 128 valence electrons. The Bertz CT molecular complexity index is 493. The molecule has 22 heavy (non-hydrogen) atoms. The largest absolute Gasteiger partial charge is 0.481 e. The van der Waals surface area contributed by atoms with Crippen LogP contribution in [0.15, 0.2) is 0 Å². The van der Waals surface area contributed by atoms with Crippen LogP contribution in [0.4, 0.5) is 0 Å². The molecule has 0 radical (unpaired) electrons. The number of sulfonamides is 1. The molecule has 2 N–H and O–H groups in total. The number of carboxylic acid groups (broad SMARTS) is 1. The number of rotatable bonds is 8. The van der Waals surface area contributed by atoms with Crippen molar-refractivity contribution in [1.29, 1.82) is 0 Å². The van der Waals surface area contributed by atoms with Gasteiger partial charge in [-0.3, -0.25) is 9.59 Å². The molecule has 0 saturated carbocycles. The average molecular weight is 336 g/mol. The van der Waals surface area contributed by atoms with E-state index in [1.54, 1.807) is 6.92 Å². The van der Waals surface area contributed by atoms with Gasteiger partial charge in [-0.05, 0) is 26.2 Å². The van der Waals surface area contributed by atoms with Gasteiger partial charge in [-0.15, -0.1) is 0 Å². The lowest BCUT2D eigenvalue weighted by Crippen LogP contribution is -2.52. The molecule has 0 aliphatic carbocycles. The van der Waals surface area contributed by atoms with Crippen molar-refractivity contribution in [2.45, 2.75) is 32.2 Å². The summed E-state index contributed by atoms with van der Waals surface area (Å²) in [6.45, 7) is 2.13. The minimum Gasteiger partial charge on any atom is -0.481 e. The monoisotopic (exact) mass is 336 g/mol. The second-order valence-corrected chi connectivity index (χ2v) is 7.33. The lowest BCUT2D eigenvalue weighted by molar-refractivity contribution is -0.148. The number of hydrogen-bond donors (Lipinski definition) is 2. The molecule has 1 aliphatic rings. The molecule has 8 nitrogen and oxygen atoms in total. The van der Waals surface area contributed by atoms with Gasteiger partial charge < -0.3 is 14.7 Å². The molecule has 1 heterocycles. The molecule has 1 amide bonds. The van der Waals surface area contributed by atoms with E-state index in [0.717, 1.165) is 0 Å². The van der Waals surface area contributed by atoms with Crippen LogP contribution in [-0.4, -0.2) is 68.9 Å². The van der Waals surface area contributed by atoms with E-state index < -0.39 is 33.9 Å². The fourth-order valence-corrected chi connectivity index (χ4v) is 3.55. The van der Waals surface area contributed by atoms with Crippen LogP contribution >= 0.6 is 0 Å². The molecular formula is C13H24N2O6S. The van der Waals surface area contributed by atoms with E-state index in [-0.39, 0.29) is 12.3 Å². The average Bonchev–Trinajstić information content (AvgIpc) is 2.45. The molecule has 0 aromatic rings. The summed E-state index contributed by atoms with van der Waals surface area (Å²) in [5.74, 6) is -2.03. The standard InChI is InChI=1S/C13H24N2O6S/c1-10-11(13(17)18)5-3-6-15(10)12(16)9-14-22(19,20)8-4-7-21-2/h10-11,14H,3-9H2,1-2H3,(H,17,18)/t10-,11-/m0/s1. The van der Waals surface area contributed by atoms with Crippen molar-refractivity contribution in [3.8, 4) is 0 Å². The zero-order chi connectivity index (χ0) is 16.8. The zero-order valence-electron chi connectivity index (χ0n) is 12.9. The second kappa shape index (κ2) is 8.44. The molecule has 0 spiro atoms. The topological polar surface area (TPSA) is 113 Å². The summed E-state index contributed by atoms with van der Waals surface area (Å²) in [7, 11) is -2.04. The number of ether oxygens (including phenoxy) is 1. The number of carbonyl (C=O) groups excluding carboxylic acids is 1. The number of aliphatic carboxylic acids is 1. The Kier molecular flexibility index (Phi) is 7.24. The van der Waals surface area contributed by atoms with Crippen molar-refractivity contribution in [1.82, 2.24) is 9.62 Å². The molecule has 1 saturated heterocycles. The van der Waals surface area contributed by atoms with Crippen molar-refractivity contribution in [2.24, 2.45) is 5.92 Å². The fraction of sp³-hybridized carbons (Fsp3) is 0.846. The van der Waals surface area contributed by atoms with Crippen LogP contribution < -0.4 is 4.72 Å². The maximum absolute atomic E-state index is 12.1. The number of carbonyl (C=O) groups is 2. The van der Waals surface area contributed by atoms with Crippen molar-refractivity contribution < 1.29 is 27.9 Å². The van der Waals surface area contributed by atoms with Gasteiger partial charge in [0.1, 0.15) is 0 Å². The number of amides is 1. The molecule has 0 unspecified atom stereocenters. The predicted octanol–water partition coefficient (Wildman–Crippen LogP) is -0.346. The Morgan fingerprint density at radius 3 is 2.68 bits per heavy atom. The number of likely N-dealkylation sites (tertiary alicyclic amines) is 1. The Hall–Kier alpha value is -1.19. The Balaban J connectivity index is 2.52. The van der Waals surface area contributed by atoms with Crippen LogP contribution in [0.25, 0.3) is 0 Å². The first kappa shape index (κ1) is 18.9. The minimum absolute atomic E-state index is 0.110. The summed E-state index contributed by atoms with van der Waals surface area (Å²) in [4.78, 5) is 24.7. The van der Waals surface area contributed by atoms with E-state index in [0.29, 0.717) is 32.4 Å². The molecular weight excluding hydrogens is 312 g/mol. The highest BCUT2D eigenvalue weighted by molar-refractivity contribution is 7.89. The first-order valence-corrected chi connectivity index (χ1v) is 8.92. The lowest BCUT2D eigenvalue weighted by atomic mass is 9.90. The summed E-state index contributed by atoms with van der Waals surface area (Å²) in [5.41, 5.74) is 0. The number of nitrogens with zero attached hydrogens (tertiary/aromatic N) is 1. The van der Waals surface area contributed by atoms with Gasteiger partial charge in [0.15, 0.2) is 0 Å². The van der Waals surface area contributed by atoms with E-state index in [2.05, 4.69) is 4.72 Å². The van der Waals surface area contributed by atoms with E-state index in [9.17, 15) is 18.0 Å². The van der Waals surface area contributed by atoms with E-state index in [1.165, 1.54) is 12.0 Å². The first-order chi connectivity index (χ1) is 10.3.